The Morgan fingerprint density at radius 1 is 1.41 bits per heavy atom. The van der Waals surface area contributed by atoms with Gasteiger partial charge in [-0.15, -0.1) is 0 Å². The zero-order valence-electron chi connectivity index (χ0n) is 9.91. The number of fused-ring (bicyclic) bond motifs is 1. The highest BCUT2D eigenvalue weighted by atomic mass is 35.5. The second-order valence-electron chi connectivity index (χ2n) is 4.64. The first-order valence-corrected chi connectivity index (χ1v) is 6.49. The Bertz CT molecular complexity index is 541. The van der Waals surface area contributed by atoms with Gasteiger partial charge in [-0.3, -0.25) is 0 Å². The van der Waals surface area contributed by atoms with Crippen molar-refractivity contribution in [2.24, 2.45) is 7.05 Å². The van der Waals surface area contributed by atoms with Crippen molar-refractivity contribution in [3.8, 4) is 0 Å². The highest BCUT2D eigenvalue weighted by molar-refractivity contribution is 6.34. The summed E-state index contributed by atoms with van der Waals surface area (Å²) in [5.41, 5.74) is 2.03. The molecule has 1 aliphatic heterocycles. The van der Waals surface area contributed by atoms with Crippen LogP contribution >= 0.6 is 11.6 Å². The van der Waals surface area contributed by atoms with E-state index in [0.29, 0.717) is 6.04 Å². The largest absolute Gasteiger partial charge is 0.330 e. The van der Waals surface area contributed by atoms with Crippen LogP contribution in [0.25, 0.3) is 11.0 Å². The summed E-state index contributed by atoms with van der Waals surface area (Å²) in [6.45, 7) is 1.08. The van der Waals surface area contributed by atoms with Gasteiger partial charge in [0.15, 0.2) is 0 Å². The first-order chi connectivity index (χ1) is 8.27. The van der Waals surface area contributed by atoms with Crippen LogP contribution in [0.3, 0.4) is 0 Å². The van der Waals surface area contributed by atoms with E-state index in [0.717, 1.165) is 34.8 Å². The summed E-state index contributed by atoms with van der Waals surface area (Å²) in [5, 5.41) is 4.27. The lowest BCUT2D eigenvalue weighted by atomic mass is 10.0. The molecule has 1 saturated heterocycles. The fraction of sp³-hybridized carbons (Fsp3) is 0.462. The third kappa shape index (κ3) is 1.83. The van der Waals surface area contributed by atoms with Crippen molar-refractivity contribution >= 4 is 22.6 Å². The molecule has 1 unspecified atom stereocenters. The van der Waals surface area contributed by atoms with Gasteiger partial charge in [-0.25, -0.2) is 4.98 Å². The minimum atomic E-state index is 0.372. The van der Waals surface area contributed by atoms with E-state index in [9.17, 15) is 0 Å². The van der Waals surface area contributed by atoms with Gasteiger partial charge >= 0.3 is 0 Å². The molecule has 2 heterocycles. The highest BCUT2D eigenvalue weighted by Crippen LogP contribution is 2.28. The van der Waals surface area contributed by atoms with Crippen LogP contribution < -0.4 is 5.32 Å². The second kappa shape index (κ2) is 4.31. The van der Waals surface area contributed by atoms with Gasteiger partial charge in [0.05, 0.1) is 16.6 Å². The number of nitrogens with zero attached hydrogens (tertiary/aromatic N) is 2. The highest BCUT2D eigenvalue weighted by Gasteiger charge is 2.21. The summed E-state index contributed by atoms with van der Waals surface area (Å²) in [6.07, 6.45) is 3.70. The van der Waals surface area contributed by atoms with Crippen LogP contribution in [-0.4, -0.2) is 16.1 Å². The van der Waals surface area contributed by atoms with E-state index in [1.165, 1.54) is 12.8 Å². The Labute approximate surface area is 106 Å². The third-order valence-electron chi connectivity index (χ3n) is 3.52. The molecule has 3 nitrogen and oxygen atoms in total. The quantitative estimate of drug-likeness (QED) is 0.842. The lowest BCUT2D eigenvalue weighted by Gasteiger charge is -2.22. The van der Waals surface area contributed by atoms with Crippen molar-refractivity contribution in [2.45, 2.75) is 25.3 Å². The smallest absolute Gasteiger partial charge is 0.126 e. The summed E-state index contributed by atoms with van der Waals surface area (Å²) < 4.78 is 2.16. The summed E-state index contributed by atoms with van der Waals surface area (Å²) in [5.74, 6) is 1.10. The summed E-state index contributed by atoms with van der Waals surface area (Å²) >= 11 is 6.19. The molecule has 0 radical (unpaired) electrons. The molecule has 0 amide bonds. The number of benzene rings is 1. The summed E-state index contributed by atoms with van der Waals surface area (Å²) in [7, 11) is 2.07. The molecule has 0 bridgehead atoms. The maximum atomic E-state index is 6.19. The molecular weight excluding hydrogens is 234 g/mol. The lowest BCUT2D eigenvalue weighted by molar-refractivity contribution is 0.392. The topological polar surface area (TPSA) is 29.9 Å². The van der Waals surface area contributed by atoms with Crippen LogP contribution in [0, 0.1) is 0 Å². The minimum absolute atomic E-state index is 0.372. The minimum Gasteiger partial charge on any atom is -0.330 e. The third-order valence-corrected chi connectivity index (χ3v) is 3.82. The fourth-order valence-electron chi connectivity index (χ4n) is 2.58. The van der Waals surface area contributed by atoms with E-state index in [4.69, 9.17) is 16.6 Å². The van der Waals surface area contributed by atoms with Gasteiger partial charge in [-0.05, 0) is 31.5 Å². The number of halogens is 1. The molecule has 1 fully saturated rings. The Balaban J connectivity index is 2.10. The number of hydrogen-bond acceptors (Lipinski definition) is 2. The molecule has 1 aliphatic rings. The molecule has 1 atom stereocenters. The van der Waals surface area contributed by atoms with Gasteiger partial charge < -0.3 is 9.88 Å². The Morgan fingerprint density at radius 3 is 3.00 bits per heavy atom. The number of piperidine rings is 1. The van der Waals surface area contributed by atoms with Crippen molar-refractivity contribution in [1.29, 1.82) is 0 Å². The normalized spacial score (nSPS) is 20.9. The summed E-state index contributed by atoms with van der Waals surface area (Å²) in [4.78, 5) is 4.70. The maximum Gasteiger partial charge on any atom is 0.126 e. The Hall–Kier alpha value is -1.06. The first-order valence-electron chi connectivity index (χ1n) is 6.11. The van der Waals surface area contributed by atoms with Crippen LogP contribution in [-0.2, 0) is 7.05 Å². The molecular formula is C13H16ClN3. The van der Waals surface area contributed by atoms with Crippen molar-refractivity contribution in [2.75, 3.05) is 6.54 Å². The first kappa shape index (κ1) is 11.1. The number of aromatic nitrogens is 2. The monoisotopic (exact) mass is 249 g/mol. The average Bonchev–Trinajstić information content (AvgIpc) is 2.70. The van der Waals surface area contributed by atoms with Gasteiger partial charge in [0.25, 0.3) is 0 Å². The molecule has 1 N–H and O–H groups in total. The molecule has 4 heteroatoms. The number of hydrogen-bond donors (Lipinski definition) is 1. The molecule has 0 aliphatic carbocycles. The Kier molecular flexibility index (Phi) is 2.81. The molecule has 2 aromatic rings. The van der Waals surface area contributed by atoms with Crippen LogP contribution in [0.4, 0.5) is 0 Å². The van der Waals surface area contributed by atoms with Crippen LogP contribution in [0.5, 0.6) is 0 Å². The van der Waals surface area contributed by atoms with Gasteiger partial charge in [0, 0.05) is 7.05 Å². The van der Waals surface area contributed by atoms with Crippen LogP contribution in [0.1, 0.15) is 31.1 Å². The SMILES string of the molecule is Cn1c(C2CCCCN2)nc2c(Cl)cccc21. The lowest BCUT2D eigenvalue weighted by Crippen LogP contribution is -2.28. The fourth-order valence-corrected chi connectivity index (χ4v) is 2.79. The van der Waals surface area contributed by atoms with Crippen LogP contribution in [0.2, 0.25) is 5.02 Å². The van der Waals surface area contributed by atoms with Gasteiger partial charge in [0.1, 0.15) is 11.3 Å². The maximum absolute atomic E-state index is 6.19. The average molecular weight is 250 g/mol. The number of aryl methyl sites for hydroxylation is 1. The second-order valence-corrected chi connectivity index (χ2v) is 5.05. The van der Waals surface area contributed by atoms with Crippen molar-refractivity contribution in [3.05, 3.63) is 29.0 Å². The van der Waals surface area contributed by atoms with E-state index in [1.807, 2.05) is 12.1 Å². The van der Waals surface area contributed by atoms with Crippen molar-refractivity contribution < 1.29 is 0 Å². The predicted molar refractivity (Wildman–Crippen MR) is 70.3 cm³/mol. The van der Waals surface area contributed by atoms with Crippen LogP contribution in [0.15, 0.2) is 18.2 Å². The van der Waals surface area contributed by atoms with E-state index >= 15 is 0 Å². The van der Waals surface area contributed by atoms with E-state index in [-0.39, 0.29) is 0 Å². The number of nitrogens with one attached hydrogen (secondary N) is 1. The molecule has 1 aromatic heterocycles. The van der Waals surface area contributed by atoms with Crippen molar-refractivity contribution in [1.82, 2.24) is 14.9 Å². The summed E-state index contributed by atoms with van der Waals surface area (Å²) in [6, 6.07) is 6.32. The van der Waals surface area contributed by atoms with E-state index in [1.54, 1.807) is 0 Å². The molecule has 0 saturated carbocycles. The van der Waals surface area contributed by atoms with Gasteiger partial charge in [-0.2, -0.15) is 0 Å². The van der Waals surface area contributed by atoms with Gasteiger partial charge in [0.2, 0.25) is 0 Å². The molecule has 1 aromatic carbocycles. The number of rotatable bonds is 1. The Morgan fingerprint density at radius 2 is 2.29 bits per heavy atom. The number of imidazole rings is 1. The van der Waals surface area contributed by atoms with Crippen molar-refractivity contribution in [3.63, 3.8) is 0 Å². The van der Waals surface area contributed by atoms with E-state index < -0.39 is 0 Å². The molecule has 90 valence electrons. The standard InChI is InChI=1S/C13H16ClN3/c1-17-11-7-4-5-9(14)12(11)16-13(17)10-6-2-3-8-15-10/h4-5,7,10,15H,2-3,6,8H2,1H3. The predicted octanol–water partition coefficient (Wildman–Crippen LogP) is 3.04. The molecule has 0 spiro atoms. The molecule has 17 heavy (non-hydrogen) atoms. The van der Waals surface area contributed by atoms with E-state index in [2.05, 4.69) is 23.0 Å². The zero-order valence-corrected chi connectivity index (χ0v) is 10.7. The number of para-hydroxylation sites is 1. The zero-order chi connectivity index (χ0) is 11.8. The molecule has 3 rings (SSSR count). The van der Waals surface area contributed by atoms with Gasteiger partial charge in [-0.1, -0.05) is 24.1 Å².